The fraction of sp³-hybridized carbons (Fsp3) is 0.381. The monoisotopic (exact) mass is 457 g/mol. The zero-order chi connectivity index (χ0) is 20.4. The molecule has 0 unspecified atom stereocenters. The van der Waals surface area contributed by atoms with Gasteiger partial charge in [0.15, 0.2) is 5.65 Å². The topological polar surface area (TPSA) is 72.3 Å². The van der Waals surface area contributed by atoms with Gasteiger partial charge in [0.25, 0.3) is 0 Å². The predicted octanol–water partition coefficient (Wildman–Crippen LogP) is 4.52. The molecule has 0 aliphatic carbocycles. The number of piperidine rings is 1. The Morgan fingerprint density at radius 3 is 2.83 bits per heavy atom. The summed E-state index contributed by atoms with van der Waals surface area (Å²) in [6, 6.07) is 9.88. The van der Waals surface area contributed by atoms with Crippen LogP contribution in [0.5, 0.6) is 0 Å². The second kappa shape index (κ2) is 8.51. The van der Waals surface area contributed by atoms with Crippen LogP contribution in [0, 0.1) is 6.92 Å². The van der Waals surface area contributed by atoms with Crippen molar-refractivity contribution in [3.63, 3.8) is 0 Å². The Labute approximate surface area is 178 Å². The third kappa shape index (κ3) is 4.13. The van der Waals surface area contributed by atoms with E-state index < -0.39 is 0 Å². The number of halogens is 1. The van der Waals surface area contributed by atoms with E-state index in [1.54, 1.807) is 13.3 Å². The van der Waals surface area contributed by atoms with Crippen molar-refractivity contribution in [1.29, 1.82) is 0 Å². The maximum atomic E-state index is 12.7. The molecule has 3 heterocycles. The molecule has 29 heavy (non-hydrogen) atoms. The van der Waals surface area contributed by atoms with Crippen molar-refractivity contribution >= 4 is 38.8 Å². The first-order valence-corrected chi connectivity index (χ1v) is 10.5. The molecule has 7 nitrogen and oxygen atoms in total. The highest BCUT2D eigenvalue weighted by atomic mass is 79.9. The van der Waals surface area contributed by atoms with Crippen LogP contribution in [0.3, 0.4) is 0 Å². The van der Waals surface area contributed by atoms with Gasteiger partial charge in [-0.1, -0.05) is 15.9 Å². The third-order valence-corrected chi connectivity index (χ3v) is 6.21. The molecule has 8 heteroatoms. The van der Waals surface area contributed by atoms with Gasteiger partial charge in [0, 0.05) is 42.6 Å². The minimum Gasteiger partial charge on any atom is -0.377 e. The van der Waals surface area contributed by atoms with E-state index in [0.717, 1.165) is 45.6 Å². The molecule has 0 bridgehead atoms. The van der Waals surface area contributed by atoms with E-state index in [9.17, 15) is 4.79 Å². The van der Waals surface area contributed by atoms with Crippen molar-refractivity contribution in [1.82, 2.24) is 19.4 Å². The first-order valence-electron chi connectivity index (χ1n) is 9.69. The maximum Gasteiger partial charge on any atom is 0.321 e. The number of hydrogen-bond donors (Lipinski definition) is 1. The van der Waals surface area contributed by atoms with Crippen molar-refractivity contribution in [2.45, 2.75) is 32.4 Å². The van der Waals surface area contributed by atoms with E-state index in [1.807, 2.05) is 42.2 Å². The molecule has 0 radical (unpaired) electrons. The Hall–Kier alpha value is -2.45. The van der Waals surface area contributed by atoms with E-state index in [-0.39, 0.29) is 12.1 Å². The van der Waals surface area contributed by atoms with Gasteiger partial charge in [-0.3, -0.25) is 0 Å². The Morgan fingerprint density at radius 1 is 1.31 bits per heavy atom. The lowest BCUT2D eigenvalue weighted by molar-refractivity contribution is 0.162. The summed E-state index contributed by atoms with van der Waals surface area (Å²) in [5, 5.41) is 3.01. The summed E-state index contributed by atoms with van der Waals surface area (Å²) >= 11 is 3.49. The number of imidazole rings is 1. The quantitative estimate of drug-likeness (QED) is 0.624. The summed E-state index contributed by atoms with van der Waals surface area (Å²) in [6.07, 6.45) is 3.50. The number of rotatable bonds is 4. The van der Waals surface area contributed by atoms with Crippen LogP contribution in [0.25, 0.3) is 11.2 Å². The van der Waals surface area contributed by atoms with E-state index in [4.69, 9.17) is 4.74 Å². The van der Waals surface area contributed by atoms with Gasteiger partial charge in [0.05, 0.1) is 0 Å². The molecular formula is C21H24BrN5O2. The molecule has 2 amide bonds. The Kier molecular flexibility index (Phi) is 5.82. The van der Waals surface area contributed by atoms with Gasteiger partial charge in [-0.15, -0.1) is 0 Å². The minimum absolute atomic E-state index is 0.0594. The summed E-state index contributed by atoms with van der Waals surface area (Å²) in [6.45, 7) is 3.82. The standard InChI is InChI=1S/C21H24BrN5O2/c1-14-12-15(5-6-17(14)22)24-21(28)26-10-7-16(8-11-26)27-19(13-29-2)25-18-4-3-9-23-20(18)27/h3-6,9,12,16H,7-8,10-11,13H2,1-2H3,(H,24,28). The number of benzene rings is 1. The van der Waals surface area contributed by atoms with E-state index in [2.05, 4.69) is 35.8 Å². The summed E-state index contributed by atoms with van der Waals surface area (Å²) in [4.78, 5) is 23.8. The van der Waals surface area contributed by atoms with Gasteiger partial charge >= 0.3 is 6.03 Å². The van der Waals surface area contributed by atoms with Crippen LogP contribution < -0.4 is 5.32 Å². The molecule has 1 aromatic carbocycles. The van der Waals surface area contributed by atoms with Crippen molar-refractivity contribution < 1.29 is 9.53 Å². The lowest BCUT2D eigenvalue weighted by Gasteiger charge is -2.33. The molecule has 2 aromatic heterocycles. The van der Waals surface area contributed by atoms with Crippen LogP contribution in [0.1, 0.15) is 30.3 Å². The number of aryl methyl sites for hydroxylation is 1. The van der Waals surface area contributed by atoms with Gasteiger partial charge in [-0.2, -0.15) is 0 Å². The average Bonchev–Trinajstić information content (AvgIpc) is 3.09. The van der Waals surface area contributed by atoms with Crippen molar-refractivity contribution in [2.75, 3.05) is 25.5 Å². The minimum atomic E-state index is -0.0594. The molecule has 1 aliphatic rings. The number of amides is 2. The van der Waals surface area contributed by atoms with Crippen molar-refractivity contribution in [3.8, 4) is 0 Å². The lowest BCUT2D eigenvalue weighted by Crippen LogP contribution is -2.41. The molecule has 3 aromatic rings. The van der Waals surface area contributed by atoms with Crippen LogP contribution >= 0.6 is 15.9 Å². The number of methoxy groups -OCH3 is 1. The molecular weight excluding hydrogens is 434 g/mol. The first-order chi connectivity index (χ1) is 14.1. The lowest BCUT2D eigenvalue weighted by atomic mass is 10.0. The van der Waals surface area contributed by atoms with Gasteiger partial charge in [-0.25, -0.2) is 14.8 Å². The fourth-order valence-electron chi connectivity index (χ4n) is 3.84. The molecule has 1 fully saturated rings. The van der Waals surface area contributed by atoms with Crippen LogP contribution in [-0.2, 0) is 11.3 Å². The number of aromatic nitrogens is 3. The first kappa shape index (κ1) is 19.8. The SMILES string of the molecule is COCc1nc2cccnc2n1C1CCN(C(=O)Nc2ccc(Br)c(C)c2)CC1. The average molecular weight is 458 g/mol. The second-order valence-electron chi connectivity index (χ2n) is 7.29. The number of urea groups is 1. The number of likely N-dealkylation sites (tertiary alicyclic amines) is 1. The van der Waals surface area contributed by atoms with Crippen molar-refractivity contribution in [2.24, 2.45) is 0 Å². The summed E-state index contributed by atoms with van der Waals surface area (Å²) in [5.74, 6) is 0.884. The Bertz CT molecular complexity index is 1030. The number of hydrogen-bond acceptors (Lipinski definition) is 4. The summed E-state index contributed by atoms with van der Waals surface area (Å²) in [7, 11) is 1.67. The summed E-state index contributed by atoms with van der Waals surface area (Å²) < 4.78 is 8.56. The number of carbonyl (C=O) groups is 1. The third-order valence-electron chi connectivity index (χ3n) is 5.32. The highest BCUT2D eigenvalue weighted by molar-refractivity contribution is 9.10. The Morgan fingerprint density at radius 2 is 2.10 bits per heavy atom. The van der Waals surface area contributed by atoms with Gasteiger partial charge < -0.3 is 19.5 Å². The zero-order valence-electron chi connectivity index (χ0n) is 16.6. The van der Waals surface area contributed by atoms with E-state index in [0.29, 0.717) is 19.7 Å². The number of nitrogens with zero attached hydrogens (tertiary/aromatic N) is 4. The van der Waals surface area contributed by atoms with Crippen LogP contribution in [0.4, 0.5) is 10.5 Å². The number of pyridine rings is 1. The predicted molar refractivity (Wildman–Crippen MR) is 116 cm³/mol. The fourth-order valence-corrected chi connectivity index (χ4v) is 4.09. The summed E-state index contributed by atoms with van der Waals surface area (Å²) in [5.41, 5.74) is 3.66. The molecule has 0 spiro atoms. The van der Waals surface area contributed by atoms with Crippen molar-refractivity contribution in [3.05, 3.63) is 52.4 Å². The molecule has 152 valence electrons. The molecule has 0 saturated carbocycles. The van der Waals surface area contributed by atoms with Crippen LogP contribution in [-0.4, -0.2) is 45.7 Å². The number of fused-ring (bicyclic) bond motifs is 1. The number of anilines is 1. The van der Waals surface area contributed by atoms with E-state index in [1.165, 1.54) is 0 Å². The number of ether oxygens (including phenoxy) is 1. The van der Waals surface area contributed by atoms with Gasteiger partial charge in [-0.05, 0) is 55.7 Å². The molecule has 1 N–H and O–H groups in total. The second-order valence-corrected chi connectivity index (χ2v) is 8.14. The van der Waals surface area contributed by atoms with Gasteiger partial charge in [0.1, 0.15) is 17.9 Å². The highest BCUT2D eigenvalue weighted by Gasteiger charge is 2.27. The zero-order valence-corrected chi connectivity index (χ0v) is 18.1. The Balaban J connectivity index is 1.45. The molecule has 1 saturated heterocycles. The number of carbonyl (C=O) groups excluding carboxylic acids is 1. The largest absolute Gasteiger partial charge is 0.377 e. The van der Waals surface area contributed by atoms with Crippen LogP contribution in [0.15, 0.2) is 41.0 Å². The highest BCUT2D eigenvalue weighted by Crippen LogP contribution is 2.29. The van der Waals surface area contributed by atoms with Gasteiger partial charge in [0.2, 0.25) is 0 Å². The van der Waals surface area contributed by atoms with Crippen LogP contribution in [0.2, 0.25) is 0 Å². The van der Waals surface area contributed by atoms with E-state index >= 15 is 0 Å². The number of nitrogens with one attached hydrogen (secondary N) is 1. The molecule has 4 rings (SSSR count). The maximum absolute atomic E-state index is 12.7. The normalized spacial score (nSPS) is 15.1. The smallest absolute Gasteiger partial charge is 0.321 e. The molecule has 1 aliphatic heterocycles. The molecule has 0 atom stereocenters.